The van der Waals surface area contributed by atoms with Crippen molar-refractivity contribution in [2.24, 2.45) is 0 Å². The summed E-state index contributed by atoms with van der Waals surface area (Å²) in [6.45, 7) is 0. The van der Waals surface area contributed by atoms with Crippen LogP contribution in [0.5, 0.6) is 0 Å². The standard InChI is InChI=1S/C11H7N3O5S/c15-14(16)9-3-1-2-7-6(9)4-5-8-10(7)13-11(12-8)20(17,18)19/h1-5H,(H,12,13)(H,17,18,19). The lowest BCUT2D eigenvalue weighted by atomic mass is 10.1. The minimum Gasteiger partial charge on any atom is -0.326 e. The maximum Gasteiger partial charge on any atom is 0.328 e. The molecule has 0 saturated heterocycles. The van der Waals surface area contributed by atoms with E-state index in [-0.39, 0.29) is 5.69 Å². The number of aromatic nitrogens is 2. The van der Waals surface area contributed by atoms with Crippen molar-refractivity contribution in [1.29, 1.82) is 0 Å². The molecule has 3 rings (SSSR count). The molecule has 9 heteroatoms. The Morgan fingerprint density at radius 2 is 1.95 bits per heavy atom. The second kappa shape index (κ2) is 3.99. The molecule has 2 aromatic carbocycles. The topological polar surface area (TPSA) is 126 Å². The zero-order valence-corrected chi connectivity index (χ0v) is 10.6. The van der Waals surface area contributed by atoms with E-state index in [1.807, 2.05) is 0 Å². The summed E-state index contributed by atoms with van der Waals surface area (Å²) in [5.41, 5.74) is 0.525. The number of aromatic amines is 1. The van der Waals surface area contributed by atoms with Crippen molar-refractivity contribution < 1.29 is 17.9 Å². The van der Waals surface area contributed by atoms with Crippen LogP contribution in [0.2, 0.25) is 0 Å². The van der Waals surface area contributed by atoms with Gasteiger partial charge in [0.1, 0.15) is 0 Å². The fourth-order valence-electron chi connectivity index (χ4n) is 2.08. The van der Waals surface area contributed by atoms with Crippen molar-refractivity contribution >= 4 is 37.6 Å². The van der Waals surface area contributed by atoms with Crippen LogP contribution < -0.4 is 0 Å². The Morgan fingerprint density at radius 3 is 2.60 bits per heavy atom. The first-order valence-corrected chi connectivity index (χ1v) is 6.85. The Kier molecular flexibility index (Phi) is 2.49. The molecule has 2 N–H and O–H groups in total. The van der Waals surface area contributed by atoms with Crippen LogP contribution in [0.25, 0.3) is 21.8 Å². The molecule has 0 spiro atoms. The number of nitro groups is 1. The molecule has 0 unspecified atom stereocenters. The quantitative estimate of drug-likeness (QED) is 0.422. The van der Waals surface area contributed by atoms with E-state index in [0.29, 0.717) is 21.8 Å². The summed E-state index contributed by atoms with van der Waals surface area (Å²) >= 11 is 0. The lowest BCUT2D eigenvalue weighted by molar-refractivity contribution is -0.383. The molecular formula is C11H7N3O5S. The predicted octanol–water partition coefficient (Wildman–Crippen LogP) is 1.87. The van der Waals surface area contributed by atoms with Gasteiger partial charge in [0, 0.05) is 11.5 Å². The maximum absolute atomic E-state index is 11.1. The predicted molar refractivity (Wildman–Crippen MR) is 70.1 cm³/mol. The maximum atomic E-state index is 11.1. The van der Waals surface area contributed by atoms with Crippen LogP contribution in [-0.2, 0) is 10.1 Å². The normalized spacial score (nSPS) is 12.1. The Hall–Kier alpha value is -2.52. The fraction of sp³-hybridized carbons (Fsp3) is 0. The molecule has 0 bridgehead atoms. The molecule has 20 heavy (non-hydrogen) atoms. The average Bonchev–Trinajstić information content (AvgIpc) is 2.81. The van der Waals surface area contributed by atoms with Gasteiger partial charge in [-0.3, -0.25) is 14.7 Å². The molecule has 3 aromatic rings. The summed E-state index contributed by atoms with van der Waals surface area (Å²) in [6.07, 6.45) is 0. The van der Waals surface area contributed by atoms with E-state index in [1.54, 1.807) is 6.07 Å². The molecule has 0 aliphatic carbocycles. The fourth-order valence-corrected chi connectivity index (χ4v) is 2.52. The van der Waals surface area contributed by atoms with Gasteiger partial charge < -0.3 is 4.98 Å². The van der Waals surface area contributed by atoms with E-state index < -0.39 is 20.2 Å². The van der Waals surface area contributed by atoms with Crippen molar-refractivity contribution in [1.82, 2.24) is 9.97 Å². The van der Waals surface area contributed by atoms with Crippen molar-refractivity contribution in [3.05, 3.63) is 40.4 Å². The Morgan fingerprint density at radius 1 is 1.20 bits per heavy atom. The number of non-ortho nitro benzene ring substituents is 1. The van der Waals surface area contributed by atoms with Crippen molar-refractivity contribution in [2.75, 3.05) is 0 Å². The number of nitrogens with zero attached hydrogens (tertiary/aromatic N) is 2. The third kappa shape index (κ3) is 1.80. The summed E-state index contributed by atoms with van der Waals surface area (Å²) in [5.74, 6) is 0. The molecule has 1 heterocycles. The van der Waals surface area contributed by atoms with Crippen LogP contribution in [-0.4, -0.2) is 27.9 Å². The van der Waals surface area contributed by atoms with Gasteiger partial charge in [0.2, 0.25) is 0 Å². The first-order chi connectivity index (χ1) is 9.38. The van der Waals surface area contributed by atoms with Gasteiger partial charge in [-0.2, -0.15) is 8.42 Å². The number of hydrogen-bond acceptors (Lipinski definition) is 5. The van der Waals surface area contributed by atoms with Crippen LogP contribution in [0, 0.1) is 10.1 Å². The highest BCUT2D eigenvalue weighted by atomic mass is 32.2. The molecule has 0 amide bonds. The number of fused-ring (bicyclic) bond motifs is 3. The van der Waals surface area contributed by atoms with Crippen LogP contribution in [0.3, 0.4) is 0 Å². The monoisotopic (exact) mass is 293 g/mol. The number of benzene rings is 2. The van der Waals surface area contributed by atoms with Crippen molar-refractivity contribution in [3.8, 4) is 0 Å². The minimum absolute atomic E-state index is 0.0904. The minimum atomic E-state index is -4.46. The molecular weight excluding hydrogens is 286 g/mol. The number of imidazole rings is 1. The van der Waals surface area contributed by atoms with Crippen LogP contribution in [0.4, 0.5) is 5.69 Å². The lowest BCUT2D eigenvalue weighted by Crippen LogP contribution is -1.99. The molecule has 102 valence electrons. The highest BCUT2D eigenvalue weighted by molar-refractivity contribution is 7.85. The van der Waals surface area contributed by atoms with E-state index in [9.17, 15) is 18.5 Å². The molecule has 0 saturated carbocycles. The number of nitrogens with one attached hydrogen (secondary N) is 1. The number of H-pyrrole nitrogens is 1. The molecule has 0 aliphatic heterocycles. The summed E-state index contributed by atoms with van der Waals surface area (Å²) in [5, 5.41) is 11.2. The van der Waals surface area contributed by atoms with Gasteiger partial charge in [0.15, 0.2) is 0 Å². The summed E-state index contributed by atoms with van der Waals surface area (Å²) in [4.78, 5) is 16.7. The highest BCUT2D eigenvalue weighted by Gasteiger charge is 2.18. The smallest absolute Gasteiger partial charge is 0.326 e. The second-order valence-corrected chi connectivity index (χ2v) is 5.44. The van der Waals surface area contributed by atoms with E-state index in [4.69, 9.17) is 4.55 Å². The Balaban J connectivity index is 2.45. The van der Waals surface area contributed by atoms with Gasteiger partial charge in [0.05, 0.1) is 21.3 Å². The molecule has 0 radical (unpaired) electrons. The van der Waals surface area contributed by atoms with Crippen LogP contribution in [0.15, 0.2) is 35.5 Å². The number of hydrogen-bond donors (Lipinski definition) is 2. The van der Waals surface area contributed by atoms with Gasteiger partial charge in [-0.25, -0.2) is 4.98 Å². The van der Waals surface area contributed by atoms with Gasteiger partial charge in [-0.15, -0.1) is 0 Å². The summed E-state index contributed by atoms with van der Waals surface area (Å²) in [7, 11) is -4.46. The zero-order chi connectivity index (χ0) is 14.5. The molecule has 0 aliphatic rings. The first kappa shape index (κ1) is 12.5. The van der Waals surface area contributed by atoms with Crippen molar-refractivity contribution in [2.45, 2.75) is 5.16 Å². The average molecular weight is 293 g/mol. The van der Waals surface area contributed by atoms with Gasteiger partial charge in [-0.05, 0) is 12.1 Å². The molecule has 0 fully saturated rings. The van der Waals surface area contributed by atoms with Crippen LogP contribution >= 0.6 is 0 Å². The summed E-state index contributed by atoms with van der Waals surface area (Å²) in [6, 6.07) is 7.40. The first-order valence-electron chi connectivity index (χ1n) is 5.41. The zero-order valence-electron chi connectivity index (χ0n) is 9.77. The SMILES string of the molecule is O=[N+]([O-])c1cccc2c1ccc1nc(S(=O)(=O)O)[nH]c12. The van der Waals surface area contributed by atoms with Gasteiger partial charge in [0.25, 0.3) is 10.8 Å². The Labute approximate surface area is 112 Å². The third-order valence-electron chi connectivity index (χ3n) is 2.91. The van der Waals surface area contributed by atoms with Crippen molar-refractivity contribution in [3.63, 3.8) is 0 Å². The molecule has 1 aromatic heterocycles. The highest BCUT2D eigenvalue weighted by Crippen LogP contribution is 2.30. The largest absolute Gasteiger partial charge is 0.328 e. The van der Waals surface area contributed by atoms with Gasteiger partial charge in [-0.1, -0.05) is 12.1 Å². The number of nitro benzene ring substituents is 1. The Bertz CT molecular complexity index is 961. The van der Waals surface area contributed by atoms with E-state index in [1.165, 1.54) is 24.3 Å². The third-order valence-corrected chi connectivity index (χ3v) is 3.59. The summed E-state index contributed by atoms with van der Waals surface area (Å²) < 4.78 is 31.1. The number of rotatable bonds is 2. The molecule has 8 nitrogen and oxygen atoms in total. The van der Waals surface area contributed by atoms with E-state index in [2.05, 4.69) is 9.97 Å². The van der Waals surface area contributed by atoms with E-state index in [0.717, 1.165) is 0 Å². The van der Waals surface area contributed by atoms with Gasteiger partial charge >= 0.3 is 10.1 Å². The van der Waals surface area contributed by atoms with E-state index >= 15 is 0 Å². The second-order valence-electron chi connectivity index (χ2n) is 4.11. The van der Waals surface area contributed by atoms with Crippen LogP contribution in [0.1, 0.15) is 0 Å². The molecule has 0 atom stereocenters. The lowest BCUT2D eigenvalue weighted by Gasteiger charge is -1.99.